The van der Waals surface area contributed by atoms with Crippen molar-refractivity contribution in [3.63, 3.8) is 0 Å². The number of hydrogen-bond donors (Lipinski definition) is 2. The topological polar surface area (TPSA) is 102 Å². The Bertz CT molecular complexity index is 765. The van der Waals surface area contributed by atoms with Gasteiger partial charge in [-0.1, -0.05) is 29.2 Å². The molecule has 0 saturated carbocycles. The van der Waals surface area contributed by atoms with Gasteiger partial charge in [-0.25, -0.2) is 13.6 Å². The van der Waals surface area contributed by atoms with Crippen molar-refractivity contribution in [2.75, 3.05) is 6.61 Å². The Morgan fingerprint density at radius 1 is 1.56 bits per heavy atom. The van der Waals surface area contributed by atoms with Gasteiger partial charge in [0.25, 0.3) is 6.43 Å². The van der Waals surface area contributed by atoms with E-state index >= 15 is 0 Å². The number of aromatic nitrogens is 2. The monoisotopic (exact) mass is 388 g/mol. The van der Waals surface area contributed by atoms with Crippen molar-refractivity contribution >= 4 is 36.2 Å². The average Bonchev–Trinajstić information content (AvgIpc) is 3.06. The number of hydrogen-bond acceptors (Lipinski definition) is 8. The molecule has 0 aliphatic carbocycles. The van der Waals surface area contributed by atoms with Crippen molar-refractivity contribution in [1.82, 2.24) is 10.2 Å². The summed E-state index contributed by atoms with van der Waals surface area (Å²) < 4.78 is 35.5. The maximum atomic E-state index is 12.3. The molecule has 0 amide bonds. The molecule has 0 saturated heterocycles. The number of rotatable bonds is 6. The molecule has 0 bridgehead atoms. The van der Waals surface area contributed by atoms with Crippen LogP contribution in [0.5, 0.6) is 11.5 Å². The molecule has 2 heterocycles. The lowest BCUT2D eigenvalue weighted by Gasteiger charge is -2.28. The van der Waals surface area contributed by atoms with Crippen molar-refractivity contribution in [2.45, 2.75) is 22.3 Å². The van der Waals surface area contributed by atoms with Crippen LogP contribution in [0, 0.1) is 0 Å². The first-order valence-electron chi connectivity index (χ1n) is 7.03. The zero-order chi connectivity index (χ0) is 18.0. The van der Waals surface area contributed by atoms with Crippen LogP contribution >= 0.6 is 23.1 Å². The molecule has 1 aliphatic heterocycles. The van der Waals surface area contributed by atoms with Crippen molar-refractivity contribution in [3.05, 3.63) is 28.8 Å². The summed E-state index contributed by atoms with van der Waals surface area (Å²) in [7, 11) is -1.29. The number of nitrogens with zero attached hydrogens (tertiary/aromatic N) is 2. The van der Waals surface area contributed by atoms with Gasteiger partial charge in [0.2, 0.25) is 0 Å². The van der Waals surface area contributed by atoms with Gasteiger partial charge in [-0.15, -0.1) is 10.2 Å². The molecule has 12 heteroatoms. The second kappa shape index (κ2) is 7.54. The van der Waals surface area contributed by atoms with Crippen LogP contribution in [-0.2, 0) is 6.42 Å². The second-order valence-electron chi connectivity index (χ2n) is 5.01. The minimum absolute atomic E-state index is 0.0686. The van der Waals surface area contributed by atoms with Gasteiger partial charge in [0.1, 0.15) is 29.2 Å². The van der Waals surface area contributed by atoms with Gasteiger partial charge in [0.15, 0.2) is 4.34 Å². The third-order valence-corrected chi connectivity index (χ3v) is 5.40. The van der Waals surface area contributed by atoms with E-state index < -0.39 is 31.3 Å². The fourth-order valence-corrected chi connectivity index (χ4v) is 4.13. The van der Waals surface area contributed by atoms with Crippen LogP contribution in [0.4, 0.5) is 8.78 Å². The largest absolute Gasteiger partial charge is 0.537 e. The average molecular weight is 388 g/mol. The molecule has 0 radical (unpaired) electrons. The summed E-state index contributed by atoms with van der Waals surface area (Å²) in [5, 5.41) is 26.8. The molecule has 1 atom stereocenters. The van der Waals surface area contributed by atoms with Gasteiger partial charge < -0.3 is 19.5 Å². The lowest BCUT2D eigenvalue weighted by atomic mass is 9.77. The predicted octanol–water partition coefficient (Wildman–Crippen LogP) is 2.00. The van der Waals surface area contributed by atoms with E-state index in [0.29, 0.717) is 16.3 Å². The summed E-state index contributed by atoms with van der Waals surface area (Å²) in [6, 6.07) is 2.86. The molecule has 1 aromatic carbocycles. The first-order valence-corrected chi connectivity index (χ1v) is 8.79. The van der Waals surface area contributed by atoms with Gasteiger partial charge in [-0.05, 0) is 18.1 Å². The third kappa shape index (κ3) is 4.02. The highest BCUT2D eigenvalue weighted by Crippen LogP contribution is 2.40. The molecule has 0 unspecified atom stereocenters. The predicted molar refractivity (Wildman–Crippen MR) is 86.8 cm³/mol. The van der Waals surface area contributed by atoms with E-state index in [4.69, 9.17) is 9.39 Å². The van der Waals surface area contributed by atoms with E-state index in [1.807, 2.05) is 0 Å². The number of alkyl halides is 2. The molecule has 7 nitrogen and oxygen atoms in total. The highest BCUT2D eigenvalue weighted by molar-refractivity contribution is 8.02. The molecule has 1 aromatic heterocycles. The smallest absolute Gasteiger partial charge is 0.534 e. The maximum absolute atomic E-state index is 12.3. The van der Waals surface area contributed by atoms with Crippen LogP contribution in [0.25, 0.3) is 0 Å². The highest BCUT2D eigenvalue weighted by Gasteiger charge is 2.39. The number of fused-ring (bicyclic) bond motifs is 1. The summed E-state index contributed by atoms with van der Waals surface area (Å²) >= 11 is 2.58. The van der Waals surface area contributed by atoms with Gasteiger partial charge in [0, 0.05) is 0 Å². The Hall–Kier alpha value is -1.92. The summed E-state index contributed by atoms with van der Waals surface area (Å²) in [5.41, 5.74) is 1.72. The summed E-state index contributed by atoms with van der Waals surface area (Å²) in [6.07, 6.45) is -2.42. The second-order valence-corrected chi connectivity index (χ2v) is 7.33. The van der Waals surface area contributed by atoms with Gasteiger partial charge >= 0.3 is 13.1 Å². The molecule has 25 heavy (non-hydrogen) atoms. The Morgan fingerprint density at radius 3 is 3.00 bits per heavy atom. The molecule has 0 fully saturated rings. The van der Waals surface area contributed by atoms with E-state index in [1.54, 1.807) is 11.6 Å². The number of halogens is 2. The molecule has 3 rings (SSSR count). The number of aromatic carboxylic acids is 1. The lowest BCUT2D eigenvalue weighted by molar-refractivity contribution is 0.0660. The normalized spacial score (nSPS) is 16.5. The Morgan fingerprint density at radius 2 is 2.36 bits per heavy atom. The van der Waals surface area contributed by atoms with E-state index in [1.165, 1.54) is 29.2 Å². The first kappa shape index (κ1) is 17.9. The lowest BCUT2D eigenvalue weighted by Crippen LogP contribution is -2.40. The molecular weight excluding hydrogens is 377 g/mol. The van der Waals surface area contributed by atoms with Gasteiger partial charge in [0.05, 0.1) is 5.15 Å². The van der Waals surface area contributed by atoms with Gasteiger partial charge in [-0.2, -0.15) is 0 Å². The number of carboxylic acid groups (broad SMARTS) is 1. The zero-order valence-corrected chi connectivity index (χ0v) is 14.1. The number of carbonyl (C=O) groups is 1. The number of carboxylic acids is 1. The van der Waals surface area contributed by atoms with Gasteiger partial charge in [-0.3, -0.25) is 0 Å². The zero-order valence-electron chi connectivity index (χ0n) is 12.5. The first-order chi connectivity index (χ1) is 12.0. The van der Waals surface area contributed by atoms with E-state index in [0.717, 1.165) is 0 Å². The Labute approximate surface area is 149 Å². The Balaban J connectivity index is 1.88. The fraction of sp³-hybridized carbons (Fsp3) is 0.308. The summed E-state index contributed by atoms with van der Waals surface area (Å²) in [4.78, 5) is 11.5. The molecule has 132 valence electrons. The molecule has 2 aromatic rings. The third-order valence-electron chi connectivity index (χ3n) is 3.35. The van der Waals surface area contributed by atoms with Crippen LogP contribution in [0.15, 0.2) is 22.0 Å². The van der Waals surface area contributed by atoms with E-state index in [2.05, 4.69) is 10.2 Å². The SMILES string of the molecule is O=C(O)c1c(OCC(F)F)ccc2c1OB(O)[C@@H](Sc1nncs1)C2. The molecule has 1 aliphatic rings. The fourth-order valence-electron chi connectivity index (χ4n) is 2.34. The Kier molecular flexibility index (Phi) is 5.40. The highest BCUT2D eigenvalue weighted by atomic mass is 32.2. The molecule has 2 N–H and O–H groups in total. The number of ether oxygens (including phenoxy) is 1. The van der Waals surface area contributed by atoms with Crippen molar-refractivity contribution < 1.29 is 33.1 Å². The molecular formula is C13H11BF2N2O5S2. The number of thioether (sulfide) groups is 1. The molecule has 0 spiro atoms. The van der Waals surface area contributed by atoms with E-state index in [-0.39, 0.29) is 17.1 Å². The standard InChI is InChI=1S/C13H11BF2N2O5S2/c15-9(16)4-22-7-2-1-6-3-8(25-13-18-17-5-24-13)14(21)23-11(6)10(7)12(19)20/h1-2,5,8-9,21H,3-4H2,(H,19,20)/t8-/m0/s1. The number of benzene rings is 1. The quantitative estimate of drug-likeness (QED) is 0.725. The van der Waals surface area contributed by atoms with Crippen molar-refractivity contribution in [1.29, 1.82) is 0 Å². The minimum Gasteiger partial charge on any atom is -0.534 e. The summed E-state index contributed by atoms with van der Waals surface area (Å²) in [6.45, 7) is -0.933. The van der Waals surface area contributed by atoms with Crippen molar-refractivity contribution in [3.8, 4) is 11.5 Å². The van der Waals surface area contributed by atoms with E-state index in [9.17, 15) is 23.7 Å². The van der Waals surface area contributed by atoms with Crippen LogP contribution < -0.4 is 9.39 Å². The van der Waals surface area contributed by atoms with Crippen LogP contribution in [-0.4, -0.2) is 51.6 Å². The van der Waals surface area contributed by atoms with Crippen LogP contribution in [0.3, 0.4) is 0 Å². The van der Waals surface area contributed by atoms with Crippen LogP contribution in [0.2, 0.25) is 0 Å². The minimum atomic E-state index is -2.74. The van der Waals surface area contributed by atoms with Crippen LogP contribution in [0.1, 0.15) is 15.9 Å². The summed E-state index contributed by atoms with van der Waals surface area (Å²) in [5.74, 6) is -1.68. The maximum Gasteiger partial charge on any atom is 0.537 e. The van der Waals surface area contributed by atoms with Crippen molar-refractivity contribution in [2.24, 2.45) is 0 Å².